The van der Waals surface area contributed by atoms with E-state index in [4.69, 9.17) is 0 Å². The van der Waals surface area contributed by atoms with Gasteiger partial charge in [-0.15, -0.1) is 0 Å². The first-order valence-corrected chi connectivity index (χ1v) is 8.18. The lowest BCUT2D eigenvalue weighted by molar-refractivity contribution is -0.123. The topological polar surface area (TPSA) is 49.3 Å². The van der Waals surface area contributed by atoms with Crippen LogP contribution in [0.4, 0.5) is 0 Å². The normalized spacial score (nSPS) is 16.8. The summed E-state index contributed by atoms with van der Waals surface area (Å²) in [5.74, 6) is 0.0206. The Morgan fingerprint density at radius 3 is 2.00 bits per heavy atom. The van der Waals surface area contributed by atoms with Crippen LogP contribution in [-0.4, -0.2) is 23.2 Å². The van der Waals surface area contributed by atoms with Gasteiger partial charge < -0.3 is 10.4 Å². The van der Waals surface area contributed by atoms with E-state index in [2.05, 4.69) is 5.32 Å². The average Bonchev–Trinajstić information content (AvgIpc) is 3.40. The molecule has 3 nitrogen and oxygen atoms in total. The van der Waals surface area contributed by atoms with Crippen LogP contribution in [0, 0.1) is 5.92 Å². The van der Waals surface area contributed by atoms with Crippen LogP contribution in [0.5, 0.6) is 0 Å². The number of carbonyl (C=O) groups excluding carboxylic acids is 1. The highest BCUT2D eigenvalue weighted by Crippen LogP contribution is 2.35. The minimum absolute atomic E-state index is 0.0603. The maximum atomic E-state index is 11.9. The molecule has 1 aliphatic carbocycles. The molecule has 0 radical (unpaired) electrons. The zero-order valence-corrected chi connectivity index (χ0v) is 13.4. The highest BCUT2D eigenvalue weighted by Gasteiger charge is 2.36. The summed E-state index contributed by atoms with van der Waals surface area (Å²) in [6, 6.07) is 19.9. The number of amides is 1. The van der Waals surface area contributed by atoms with Crippen molar-refractivity contribution in [2.45, 2.75) is 31.3 Å². The molecule has 0 bridgehead atoms. The van der Waals surface area contributed by atoms with Crippen molar-refractivity contribution in [2.75, 3.05) is 6.54 Å². The molecular weight excluding hydrogens is 286 g/mol. The van der Waals surface area contributed by atoms with Gasteiger partial charge in [-0.25, -0.2) is 0 Å². The molecule has 2 N–H and O–H groups in total. The van der Waals surface area contributed by atoms with Crippen molar-refractivity contribution in [3.05, 3.63) is 71.8 Å². The number of carbonyl (C=O) groups is 1. The summed E-state index contributed by atoms with van der Waals surface area (Å²) in [4.78, 5) is 11.9. The van der Waals surface area contributed by atoms with E-state index in [1.54, 1.807) is 6.92 Å². The van der Waals surface area contributed by atoms with Crippen LogP contribution in [0.2, 0.25) is 0 Å². The van der Waals surface area contributed by atoms with Gasteiger partial charge in [-0.1, -0.05) is 60.7 Å². The summed E-state index contributed by atoms with van der Waals surface area (Å²) in [5, 5.41) is 14.0. The molecule has 1 fully saturated rings. The van der Waals surface area contributed by atoms with Crippen molar-refractivity contribution in [3.8, 4) is 0 Å². The molecule has 2 aromatic rings. The van der Waals surface area contributed by atoms with Crippen molar-refractivity contribution < 1.29 is 9.90 Å². The fraction of sp³-hybridized carbons (Fsp3) is 0.350. The lowest BCUT2D eigenvalue weighted by Gasteiger charge is -2.34. The monoisotopic (exact) mass is 309 g/mol. The van der Waals surface area contributed by atoms with Gasteiger partial charge in [0, 0.05) is 18.4 Å². The summed E-state index contributed by atoms with van der Waals surface area (Å²) in [6.45, 7) is 2.04. The van der Waals surface area contributed by atoms with Crippen LogP contribution in [0.1, 0.15) is 36.8 Å². The fourth-order valence-corrected chi connectivity index (χ4v) is 3.06. The second-order valence-electron chi connectivity index (χ2n) is 6.60. The summed E-state index contributed by atoms with van der Waals surface area (Å²) in [6.07, 6.45) is 1.93. The molecule has 3 heteroatoms. The zero-order valence-electron chi connectivity index (χ0n) is 13.4. The molecule has 0 heterocycles. The smallest absolute Gasteiger partial charge is 0.223 e. The number of nitrogens with one attached hydrogen (secondary N) is 1. The molecule has 23 heavy (non-hydrogen) atoms. The van der Waals surface area contributed by atoms with E-state index in [-0.39, 0.29) is 24.3 Å². The zero-order chi connectivity index (χ0) is 16.3. The van der Waals surface area contributed by atoms with Crippen molar-refractivity contribution >= 4 is 5.91 Å². The van der Waals surface area contributed by atoms with Gasteiger partial charge in [0.1, 0.15) is 0 Å². The van der Waals surface area contributed by atoms with E-state index in [9.17, 15) is 9.90 Å². The SMILES string of the molecule is CC(O)(CNC(=O)C1CC1)C(c1ccccc1)c1ccccc1. The van der Waals surface area contributed by atoms with Gasteiger partial charge in [-0.05, 0) is 30.9 Å². The first kappa shape index (κ1) is 15.8. The summed E-state index contributed by atoms with van der Waals surface area (Å²) in [7, 11) is 0. The van der Waals surface area contributed by atoms with Gasteiger partial charge in [0.05, 0.1) is 5.60 Å². The van der Waals surface area contributed by atoms with Gasteiger partial charge in [0.25, 0.3) is 0 Å². The Hall–Kier alpha value is -2.13. The molecule has 1 unspecified atom stereocenters. The predicted molar refractivity (Wildman–Crippen MR) is 91.1 cm³/mol. The van der Waals surface area contributed by atoms with Crippen molar-refractivity contribution in [1.29, 1.82) is 0 Å². The maximum absolute atomic E-state index is 11.9. The average molecular weight is 309 g/mol. The second-order valence-corrected chi connectivity index (χ2v) is 6.60. The Balaban J connectivity index is 1.85. The molecule has 0 aromatic heterocycles. The quantitative estimate of drug-likeness (QED) is 0.861. The first-order chi connectivity index (χ1) is 11.1. The Morgan fingerprint density at radius 1 is 1.09 bits per heavy atom. The molecule has 1 atom stereocenters. The van der Waals surface area contributed by atoms with Gasteiger partial charge >= 0.3 is 0 Å². The van der Waals surface area contributed by atoms with E-state index >= 15 is 0 Å². The van der Waals surface area contributed by atoms with E-state index < -0.39 is 5.60 Å². The number of benzene rings is 2. The summed E-state index contributed by atoms with van der Waals surface area (Å²) in [5.41, 5.74) is 1.03. The van der Waals surface area contributed by atoms with Gasteiger partial charge in [0.2, 0.25) is 5.91 Å². The molecule has 1 aliphatic rings. The fourth-order valence-electron chi connectivity index (χ4n) is 3.06. The van der Waals surface area contributed by atoms with Gasteiger partial charge in [0.15, 0.2) is 0 Å². The lowest BCUT2D eigenvalue weighted by atomic mass is 9.78. The standard InChI is InChI=1S/C20H23NO2/c1-20(23,14-21-19(22)17-12-13-17)18(15-8-4-2-5-9-15)16-10-6-3-7-11-16/h2-11,17-18,23H,12-14H2,1H3,(H,21,22). The molecule has 2 aromatic carbocycles. The van der Waals surface area contributed by atoms with E-state index in [1.165, 1.54) is 0 Å². The Kier molecular flexibility index (Phi) is 4.49. The highest BCUT2D eigenvalue weighted by atomic mass is 16.3. The Labute approximate surface area is 137 Å². The van der Waals surface area contributed by atoms with Crippen LogP contribution < -0.4 is 5.32 Å². The number of hydrogen-bond donors (Lipinski definition) is 2. The minimum atomic E-state index is -1.06. The molecule has 1 amide bonds. The summed E-state index contributed by atoms with van der Waals surface area (Å²) >= 11 is 0. The number of hydrogen-bond acceptors (Lipinski definition) is 2. The Bertz CT molecular complexity index is 608. The van der Waals surface area contributed by atoms with Crippen molar-refractivity contribution in [3.63, 3.8) is 0 Å². The van der Waals surface area contributed by atoms with Crippen LogP contribution >= 0.6 is 0 Å². The molecule has 0 aliphatic heterocycles. The molecule has 0 saturated heterocycles. The third-order valence-corrected chi connectivity index (χ3v) is 4.46. The van der Waals surface area contributed by atoms with Crippen LogP contribution in [0.3, 0.4) is 0 Å². The molecule has 120 valence electrons. The predicted octanol–water partition coefficient (Wildman–Crippen LogP) is 3.10. The molecule has 0 spiro atoms. The highest BCUT2D eigenvalue weighted by molar-refractivity contribution is 5.80. The lowest BCUT2D eigenvalue weighted by Crippen LogP contribution is -2.45. The van der Waals surface area contributed by atoms with Gasteiger partial charge in [-0.3, -0.25) is 4.79 Å². The molecular formula is C20H23NO2. The minimum Gasteiger partial charge on any atom is -0.387 e. The third-order valence-electron chi connectivity index (χ3n) is 4.46. The van der Waals surface area contributed by atoms with Crippen LogP contribution in [-0.2, 0) is 4.79 Å². The molecule has 3 rings (SSSR count). The molecule has 1 saturated carbocycles. The van der Waals surface area contributed by atoms with Crippen LogP contribution in [0.25, 0.3) is 0 Å². The van der Waals surface area contributed by atoms with Gasteiger partial charge in [-0.2, -0.15) is 0 Å². The number of rotatable bonds is 6. The number of aliphatic hydroxyl groups is 1. The summed E-state index contributed by atoms with van der Waals surface area (Å²) < 4.78 is 0. The Morgan fingerprint density at radius 2 is 1.57 bits per heavy atom. The van der Waals surface area contributed by atoms with Crippen LogP contribution in [0.15, 0.2) is 60.7 Å². The van der Waals surface area contributed by atoms with E-state index in [1.807, 2.05) is 60.7 Å². The maximum Gasteiger partial charge on any atom is 0.223 e. The van der Waals surface area contributed by atoms with E-state index in [0.29, 0.717) is 0 Å². The van der Waals surface area contributed by atoms with Crippen molar-refractivity contribution in [2.24, 2.45) is 5.92 Å². The third kappa shape index (κ3) is 3.80. The largest absolute Gasteiger partial charge is 0.387 e. The van der Waals surface area contributed by atoms with E-state index in [0.717, 1.165) is 24.0 Å². The first-order valence-electron chi connectivity index (χ1n) is 8.18. The van der Waals surface area contributed by atoms with Crippen molar-refractivity contribution in [1.82, 2.24) is 5.32 Å². The second kappa shape index (κ2) is 6.55.